The molecular formula is C18H19F2NO2. The lowest BCUT2D eigenvalue weighted by molar-refractivity contribution is -0.122. The highest BCUT2D eigenvalue weighted by Gasteiger charge is 2.27. The molecule has 0 heterocycles. The van der Waals surface area contributed by atoms with Gasteiger partial charge in [0.15, 0.2) is 0 Å². The Hall–Kier alpha value is -2.27. The summed E-state index contributed by atoms with van der Waals surface area (Å²) in [5.41, 5.74) is -0.624. The summed E-state index contributed by atoms with van der Waals surface area (Å²) in [4.78, 5) is 11.9. The monoisotopic (exact) mass is 319 g/mol. The van der Waals surface area contributed by atoms with Crippen molar-refractivity contribution in [1.29, 1.82) is 0 Å². The van der Waals surface area contributed by atoms with E-state index >= 15 is 0 Å². The van der Waals surface area contributed by atoms with Gasteiger partial charge in [-0.2, -0.15) is 0 Å². The SMILES string of the molecule is CC(O)(CNC(=O)CCc1ccccc1)c1ccc(F)cc1F. The van der Waals surface area contributed by atoms with E-state index in [4.69, 9.17) is 0 Å². The van der Waals surface area contributed by atoms with Crippen LogP contribution in [0.2, 0.25) is 0 Å². The molecule has 3 nitrogen and oxygen atoms in total. The van der Waals surface area contributed by atoms with Crippen LogP contribution in [0.3, 0.4) is 0 Å². The second-order valence-electron chi connectivity index (χ2n) is 5.66. The van der Waals surface area contributed by atoms with Crippen LogP contribution in [0.25, 0.3) is 0 Å². The van der Waals surface area contributed by atoms with E-state index < -0.39 is 17.2 Å². The molecule has 0 aliphatic heterocycles. The first kappa shape index (κ1) is 17.1. The maximum absolute atomic E-state index is 13.7. The van der Waals surface area contributed by atoms with Crippen molar-refractivity contribution < 1.29 is 18.7 Å². The normalized spacial score (nSPS) is 13.4. The number of nitrogens with one attached hydrogen (secondary N) is 1. The van der Waals surface area contributed by atoms with Gasteiger partial charge in [-0.25, -0.2) is 8.78 Å². The highest BCUT2D eigenvalue weighted by Crippen LogP contribution is 2.23. The van der Waals surface area contributed by atoms with Crippen LogP contribution in [0.5, 0.6) is 0 Å². The second kappa shape index (κ2) is 7.33. The third-order valence-electron chi connectivity index (χ3n) is 3.62. The molecule has 23 heavy (non-hydrogen) atoms. The average molecular weight is 319 g/mol. The molecule has 0 spiro atoms. The van der Waals surface area contributed by atoms with Crippen LogP contribution in [-0.4, -0.2) is 17.6 Å². The Bertz CT molecular complexity index is 672. The van der Waals surface area contributed by atoms with Crippen molar-refractivity contribution in [3.8, 4) is 0 Å². The Morgan fingerprint density at radius 1 is 1.17 bits per heavy atom. The highest BCUT2D eigenvalue weighted by molar-refractivity contribution is 5.76. The quantitative estimate of drug-likeness (QED) is 0.860. The van der Waals surface area contributed by atoms with E-state index in [1.165, 1.54) is 13.0 Å². The predicted molar refractivity (Wildman–Crippen MR) is 83.7 cm³/mol. The minimum Gasteiger partial charge on any atom is -0.383 e. The lowest BCUT2D eigenvalue weighted by Crippen LogP contribution is -2.39. The molecule has 0 fully saturated rings. The Balaban J connectivity index is 1.89. The van der Waals surface area contributed by atoms with Crippen LogP contribution in [0, 0.1) is 11.6 Å². The molecule has 1 amide bonds. The fourth-order valence-electron chi connectivity index (χ4n) is 2.28. The minimum atomic E-state index is -1.61. The molecule has 2 N–H and O–H groups in total. The number of hydrogen-bond acceptors (Lipinski definition) is 2. The van der Waals surface area contributed by atoms with Gasteiger partial charge in [-0.1, -0.05) is 36.4 Å². The van der Waals surface area contributed by atoms with E-state index in [-0.39, 0.29) is 24.4 Å². The Kier molecular flexibility index (Phi) is 5.45. The molecule has 0 saturated heterocycles. The molecular weight excluding hydrogens is 300 g/mol. The molecule has 0 radical (unpaired) electrons. The van der Waals surface area contributed by atoms with Gasteiger partial charge in [-0.05, 0) is 25.0 Å². The molecule has 2 aromatic carbocycles. The van der Waals surface area contributed by atoms with Gasteiger partial charge in [0.25, 0.3) is 0 Å². The van der Waals surface area contributed by atoms with Crippen molar-refractivity contribution in [3.63, 3.8) is 0 Å². The zero-order valence-electron chi connectivity index (χ0n) is 12.9. The fourth-order valence-corrected chi connectivity index (χ4v) is 2.28. The minimum absolute atomic E-state index is 0.0535. The van der Waals surface area contributed by atoms with Crippen LogP contribution >= 0.6 is 0 Å². The van der Waals surface area contributed by atoms with E-state index in [2.05, 4.69) is 5.32 Å². The summed E-state index contributed by atoms with van der Waals surface area (Å²) in [5, 5.41) is 12.9. The molecule has 1 unspecified atom stereocenters. The summed E-state index contributed by atoms with van der Waals surface area (Å²) in [6, 6.07) is 12.5. The van der Waals surface area contributed by atoms with Crippen LogP contribution in [-0.2, 0) is 16.8 Å². The molecule has 0 aromatic heterocycles. The second-order valence-corrected chi connectivity index (χ2v) is 5.66. The molecule has 122 valence electrons. The van der Waals surface area contributed by atoms with Crippen LogP contribution in [0.4, 0.5) is 8.78 Å². The molecule has 0 aliphatic carbocycles. The van der Waals surface area contributed by atoms with E-state index in [9.17, 15) is 18.7 Å². The summed E-state index contributed by atoms with van der Waals surface area (Å²) in [7, 11) is 0. The van der Waals surface area contributed by atoms with Crippen molar-refractivity contribution in [1.82, 2.24) is 5.32 Å². The number of hydrogen-bond donors (Lipinski definition) is 2. The van der Waals surface area contributed by atoms with Gasteiger partial charge in [0.05, 0.1) is 6.54 Å². The van der Waals surface area contributed by atoms with Crippen molar-refractivity contribution in [2.45, 2.75) is 25.4 Å². The van der Waals surface area contributed by atoms with Crippen molar-refractivity contribution in [3.05, 3.63) is 71.3 Å². The number of aliphatic hydroxyl groups is 1. The highest BCUT2D eigenvalue weighted by atomic mass is 19.1. The van der Waals surface area contributed by atoms with Gasteiger partial charge in [0.1, 0.15) is 17.2 Å². The van der Waals surface area contributed by atoms with Gasteiger partial charge in [-0.15, -0.1) is 0 Å². The maximum atomic E-state index is 13.7. The topological polar surface area (TPSA) is 49.3 Å². The first-order valence-electron chi connectivity index (χ1n) is 7.37. The third-order valence-corrected chi connectivity index (χ3v) is 3.62. The summed E-state index contributed by atoms with van der Waals surface area (Å²) >= 11 is 0. The van der Waals surface area contributed by atoms with Crippen molar-refractivity contribution in [2.24, 2.45) is 0 Å². The number of benzene rings is 2. The van der Waals surface area contributed by atoms with Crippen molar-refractivity contribution in [2.75, 3.05) is 6.54 Å². The molecule has 0 bridgehead atoms. The summed E-state index contributed by atoms with van der Waals surface area (Å²) < 4.78 is 26.6. The standard InChI is InChI=1S/C18H19F2NO2/c1-18(23,15-9-8-14(19)11-16(15)20)12-21-17(22)10-7-13-5-3-2-4-6-13/h2-6,8-9,11,23H,7,10,12H2,1H3,(H,21,22). The van der Waals surface area contributed by atoms with E-state index in [1.807, 2.05) is 30.3 Å². The van der Waals surface area contributed by atoms with Gasteiger partial charge in [0.2, 0.25) is 5.91 Å². The summed E-state index contributed by atoms with van der Waals surface area (Å²) in [6.07, 6.45) is 0.853. The number of carbonyl (C=O) groups is 1. The zero-order chi connectivity index (χ0) is 16.9. The van der Waals surface area contributed by atoms with E-state index in [0.29, 0.717) is 12.5 Å². The van der Waals surface area contributed by atoms with E-state index in [0.717, 1.165) is 11.6 Å². The smallest absolute Gasteiger partial charge is 0.220 e. The van der Waals surface area contributed by atoms with Crippen LogP contribution in [0.1, 0.15) is 24.5 Å². The third kappa shape index (κ3) is 4.86. The molecule has 0 saturated carbocycles. The number of amides is 1. The maximum Gasteiger partial charge on any atom is 0.220 e. The number of aryl methyl sites for hydroxylation is 1. The first-order valence-corrected chi connectivity index (χ1v) is 7.37. The summed E-state index contributed by atoms with van der Waals surface area (Å²) in [6.45, 7) is 1.23. The molecule has 1 atom stereocenters. The number of carbonyl (C=O) groups excluding carboxylic acids is 1. The van der Waals surface area contributed by atoms with Crippen LogP contribution in [0.15, 0.2) is 48.5 Å². The van der Waals surface area contributed by atoms with Gasteiger partial charge < -0.3 is 10.4 Å². The largest absolute Gasteiger partial charge is 0.383 e. The van der Waals surface area contributed by atoms with E-state index in [1.54, 1.807) is 0 Å². The molecule has 5 heteroatoms. The van der Waals surface area contributed by atoms with Gasteiger partial charge >= 0.3 is 0 Å². The fraction of sp³-hybridized carbons (Fsp3) is 0.278. The summed E-state index contributed by atoms with van der Waals surface area (Å²) in [5.74, 6) is -1.79. The van der Waals surface area contributed by atoms with Crippen LogP contribution < -0.4 is 5.32 Å². The van der Waals surface area contributed by atoms with Gasteiger partial charge in [-0.3, -0.25) is 4.79 Å². The zero-order valence-corrected chi connectivity index (χ0v) is 12.9. The lowest BCUT2D eigenvalue weighted by Gasteiger charge is -2.24. The molecule has 2 aromatic rings. The van der Waals surface area contributed by atoms with Gasteiger partial charge in [0, 0.05) is 18.1 Å². The number of halogens is 2. The average Bonchev–Trinajstić information content (AvgIpc) is 2.51. The number of rotatable bonds is 6. The Labute approximate surface area is 134 Å². The predicted octanol–water partition coefficient (Wildman–Crippen LogP) is 2.92. The first-order chi connectivity index (χ1) is 10.9. The Morgan fingerprint density at radius 3 is 2.52 bits per heavy atom. The molecule has 2 rings (SSSR count). The lowest BCUT2D eigenvalue weighted by atomic mass is 9.95. The molecule has 0 aliphatic rings. The van der Waals surface area contributed by atoms with Crippen molar-refractivity contribution >= 4 is 5.91 Å². The Morgan fingerprint density at radius 2 is 1.87 bits per heavy atom.